The molecule has 0 heterocycles. The Hall–Kier alpha value is -3.41. The van der Waals surface area contributed by atoms with Crippen molar-refractivity contribution in [3.63, 3.8) is 0 Å². The molecule has 1 aromatic carbocycles. The van der Waals surface area contributed by atoms with Crippen LogP contribution in [0.2, 0.25) is 0 Å². The molecule has 0 spiro atoms. The molecule has 0 radical (unpaired) electrons. The molecule has 0 aliphatic carbocycles. The van der Waals surface area contributed by atoms with Crippen molar-refractivity contribution in [3.8, 4) is 11.5 Å². The van der Waals surface area contributed by atoms with E-state index in [0.717, 1.165) is 0 Å². The molecular formula is C25H23F18NO6. The van der Waals surface area contributed by atoms with Crippen LogP contribution in [0.4, 0.5) is 84.7 Å². The Morgan fingerprint density at radius 2 is 1.02 bits per heavy atom. The third-order valence-corrected chi connectivity index (χ3v) is 6.63. The smallest absolute Gasteiger partial charge is 0.460 e. The van der Waals surface area contributed by atoms with Crippen LogP contribution in [-0.2, 0) is 0 Å². The molecule has 25 heteroatoms. The van der Waals surface area contributed by atoms with Crippen LogP contribution in [0.15, 0.2) is 12.1 Å². The summed E-state index contributed by atoms with van der Waals surface area (Å²) in [4.78, 5) is 22.9. The number of halogens is 18. The van der Waals surface area contributed by atoms with Gasteiger partial charge in [-0.15, -0.1) is 0 Å². The number of aliphatic hydroxyl groups excluding tert-OH is 1. The number of Topliss-reactive ketones (excluding diaryl/α,β-unsaturated/α-hetero) is 1. The maximum absolute atomic E-state index is 13.9. The van der Waals surface area contributed by atoms with E-state index < -0.39 is 132 Å². The average molecular weight is 775 g/mol. The Bertz CT molecular complexity index is 1360. The van der Waals surface area contributed by atoms with Crippen LogP contribution in [0.25, 0.3) is 0 Å². The molecule has 1 aromatic rings. The van der Waals surface area contributed by atoms with Gasteiger partial charge in [0, 0.05) is 18.9 Å². The molecule has 1 rings (SSSR count). The number of carbonyl (C=O) groups excluding carboxylic acids is 1. The van der Waals surface area contributed by atoms with Gasteiger partial charge in [0.25, 0.3) is 5.69 Å². The van der Waals surface area contributed by atoms with E-state index in [0.29, 0.717) is 6.07 Å². The standard InChI is InChI=1S/C25H23F18NO6/c1-11(2)16(45)17(46)12-9-14(49-7-3-5-18(26,27)20(30,31)22(34,35)24(38,39)40)15(10-13(12)44(47)48)50-8-4-6-19(28,29)21(32,33)23(36,37)25(41,42)43/h9-11,16,45H,3-8H2,1-2H3. The van der Waals surface area contributed by atoms with E-state index in [1.54, 1.807) is 0 Å². The Kier molecular flexibility index (Phi) is 13.1. The fourth-order valence-electron chi connectivity index (χ4n) is 3.67. The lowest BCUT2D eigenvalue weighted by molar-refractivity contribution is -0.396. The van der Waals surface area contributed by atoms with Crippen LogP contribution < -0.4 is 9.47 Å². The van der Waals surface area contributed by atoms with Crippen LogP contribution >= 0.6 is 0 Å². The molecule has 0 aliphatic rings. The number of nitrogens with zero attached hydrogens (tertiary/aromatic N) is 1. The van der Waals surface area contributed by atoms with E-state index in [9.17, 15) is 99.0 Å². The van der Waals surface area contributed by atoms with Gasteiger partial charge in [0.05, 0.1) is 24.2 Å². The maximum Gasteiger partial charge on any atom is 0.460 e. The summed E-state index contributed by atoms with van der Waals surface area (Å²) >= 11 is 0. The summed E-state index contributed by atoms with van der Waals surface area (Å²) in [5.41, 5.74) is -2.36. The number of aliphatic hydroxyl groups is 1. The van der Waals surface area contributed by atoms with Crippen molar-refractivity contribution in [3.05, 3.63) is 27.8 Å². The van der Waals surface area contributed by atoms with Gasteiger partial charge in [-0.25, -0.2) is 0 Å². The van der Waals surface area contributed by atoms with Gasteiger partial charge in [0.1, 0.15) is 11.7 Å². The lowest BCUT2D eigenvalue weighted by Crippen LogP contribution is -2.60. The summed E-state index contributed by atoms with van der Waals surface area (Å²) < 4.78 is 245. The number of hydrogen-bond acceptors (Lipinski definition) is 6. The third kappa shape index (κ3) is 8.72. The lowest BCUT2D eigenvalue weighted by Gasteiger charge is -2.33. The number of ketones is 1. The fourth-order valence-corrected chi connectivity index (χ4v) is 3.67. The average Bonchev–Trinajstić information content (AvgIpc) is 2.95. The maximum atomic E-state index is 13.9. The topological polar surface area (TPSA) is 98.9 Å². The van der Waals surface area contributed by atoms with Gasteiger partial charge in [0.15, 0.2) is 17.3 Å². The molecule has 1 N–H and O–H groups in total. The second-order valence-corrected chi connectivity index (χ2v) is 10.7. The molecule has 0 amide bonds. The molecule has 1 atom stereocenters. The third-order valence-electron chi connectivity index (χ3n) is 6.63. The minimum Gasteiger partial charge on any atom is -0.490 e. The number of benzene rings is 1. The largest absolute Gasteiger partial charge is 0.490 e. The summed E-state index contributed by atoms with van der Waals surface area (Å²) in [6, 6.07) is 0.505. The second-order valence-electron chi connectivity index (χ2n) is 10.7. The number of nitro benzene ring substituents is 1. The summed E-state index contributed by atoms with van der Waals surface area (Å²) in [6.45, 7) is -0.346. The van der Waals surface area contributed by atoms with Crippen molar-refractivity contribution >= 4 is 11.5 Å². The molecule has 0 bridgehead atoms. The molecule has 0 saturated carbocycles. The van der Waals surface area contributed by atoms with Gasteiger partial charge in [-0.1, -0.05) is 13.8 Å². The first-order valence-electron chi connectivity index (χ1n) is 13.3. The van der Waals surface area contributed by atoms with Crippen LogP contribution in [0.3, 0.4) is 0 Å². The first kappa shape index (κ1) is 44.6. The van der Waals surface area contributed by atoms with E-state index in [-0.39, 0.29) is 6.07 Å². The van der Waals surface area contributed by atoms with Gasteiger partial charge < -0.3 is 14.6 Å². The molecule has 0 saturated heterocycles. The minimum atomic E-state index is -7.24. The minimum absolute atomic E-state index is 0.201. The van der Waals surface area contributed by atoms with E-state index >= 15 is 0 Å². The molecule has 1 unspecified atom stereocenters. The van der Waals surface area contributed by atoms with Crippen molar-refractivity contribution in [2.75, 3.05) is 13.2 Å². The van der Waals surface area contributed by atoms with Crippen LogP contribution in [-0.4, -0.2) is 83.0 Å². The predicted molar refractivity (Wildman–Crippen MR) is 130 cm³/mol. The Morgan fingerprint density at radius 3 is 1.32 bits per heavy atom. The van der Waals surface area contributed by atoms with Crippen LogP contribution in [0.1, 0.15) is 49.9 Å². The predicted octanol–water partition coefficient (Wildman–Crippen LogP) is 9.05. The van der Waals surface area contributed by atoms with Gasteiger partial charge in [-0.3, -0.25) is 14.9 Å². The van der Waals surface area contributed by atoms with Crippen molar-refractivity contribution in [1.29, 1.82) is 0 Å². The fraction of sp³-hybridized carbons (Fsp3) is 0.720. The first-order chi connectivity index (χ1) is 22.1. The summed E-state index contributed by atoms with van der Waals surface area (Å²) in [5, 5.41) is 21.6. The number of ether oxygens (including phenoxy) is 2. The van der Waals surface area contributed by atoms with Crippen molar-refractivity contribution in [2.45, 2.75) is 93.5 Å². The highest BCUT2D eigenvalue weighted by Gasteiger charge is 2.82. The van der Waals surface area contributed by atoms with Crippen LogP contribution in [0.5, 0.6) is 11.5 Å². The second kappa shape index (κ2) is 14.7. The van der Waals surface area contributed by atoms with Gasteiger partial charge in [-0.2, -0.15) is 79.0 Å². The number of carbonyl (C=O) groups is 1. The zero-order valence-electron chi connectivity index (χ0n) is 24.8. The number of nitro groups is 1. The first-order valence-corrected chi connectivity index (χ1v) is 13.3. The number of hydrogen-bond donors (Lipinski definition) is 1. The van der Waals surface area contributed by atoms with E-state index in [4.69, 9.17) is 9.47 Å². The molecule has 0 aliphatic heterocycles. The molecule has 290 valence electrons. The number of alkyl halides is 18. The van der Waals surface area contributed by atoms with Crippen molar-refractivity contribution in [1.82, 2.24) is 0 Å². The summed E-state index contributed by atoms with van der Waals surface area (Å²) in [6.07, 6.45) is -24.3. The number of rotatable bonds is 18. The van der Waals surface area contributed by atoms with E-state index in [2.05, 4.69) is 0 Å². The van der Waals surface area contributed by atoms with E-state index in [1.807, 2.05) is 0 Å². The van der Waals surface area contributed by atoms with Gasteiger partial charge in [-0.05, 0) is 18.8 Å². The Labute approximate surface area is 267 Å². The van der Waals surface area contributed by atoms with Crippen molar-refractivity contribution in [2.24, 2.45) is 5.92 Å². The SMILES string of the molecule is CC(C)C(O)C(=O)c1cc(OCCCC(F)(F)C(F)(F)C(F)(F)C(F)(F)F)c(OCCCC(F)(F)C(F)(F)C(F)(F)C(F)(F)F)cc1[N+](=O)[O-]. The summed E-state index contributed by atoms with van der Waals surface area (Å²) in [7, 11) is 0. The molecule has 0 aromatic heterocycles. The highest BCUT2D eigenvalue weighted by atomic mass is 19.4. The summed E-state index contributed by atoms with van der Waals surface area (Å²) in [5.74, 6) is -45.3. The quantitative estimate of drug-likeness (QED) is 0.0526. The van der Waals surface area contributed by atoms with Gasteiger partial charge >= 0.3 is 47.9 Å². The monoisotopic (exact) mass is 775 g/mol. The normalized spacial score (nSPS) is 14.9. The Balaban J connectivity index is 3.39. The molecule has 7 nitrogen and oxygen atoms in total. The highest BCUT2D eigenvalue weighted by Crippen LogP contribution is 2.55. The van der Waals surface area contributed by atoms with Crippen molar-refractivity contribution < 1.29 is 103 Å². The molecule has 0 fully saturated rings. The zero-order valence-corrected chi connectivity index (χ0v) is 24.8. The Morgan fingerprint density at radius 1 is 0.680 bits per heavy atom. The lowest BCUT2D eigenvalue weighted by atomic mass is 9.96. The zero-order chi connectivity index (χ0) is 39.7. The van der Waals surface area contributed by atoms with Crippen LogP contribution in [0, 0.1) is 16.0 Å². The molecule has 50 heavy (non-hydrogen) atoms. The highest BCUT2D eigenvalue weighted by molar-refractivity contribution is 6.03. The molecular weight excluding hydrogens is 752 g/mol. The van der Waals surface area contributed by atoms with Gasteiger partial charge in [0.2, 0.25) is 0 Å². The van der Waals surface area contributed by atoms with E-state index in [1.165, 1.54) is 13.8 Å².